The maximum Gasteiger partial charge on any atom is 0.215 e. The molecule has 0 heterocycles. The predicted octanol–water partition coefficient (Wildman–Crippen LogP) is 1.39. The van der Waals surface area contributed by atoms with Gasteiger partial charge in [-0.3, -0.25) is 4.55 Å². The zero-order valence-electron chi connectivity index (χ0n) is 16.4. The second-order valence-corrected chi connectivity index (χ2v) is 6.93. The van der Waals surface area contributed by atoms with E-state index in [2.05, 4.69) is 27.7 Å². The molecular formula is C16H41FN2O4S. The second-order valence-electron chi connectivity index (χ2n) is 6.08. The summed E-state index contributed by atoms with van der Waals surface area (Å²) in [6, 6.07) is 0. The number of rotatable bonds is 12. The van der Waals surface area contributed by atoms with Crippen molar-refractivity contribution in [3.05, 3.63) is 0 Å². The van der Waals surface area contributed by atoms with Crippen LogP contribution in [0, 0.1) is 0 Å². The van der Waals surface area contributed by atoms with Crippen molar-refractivity contribution in [3.63, 3.8) is 0 Å². The minimum atomic E-state index is -4.92. The summed E-state index contributed by atoms with van der Waals surface area (Å²) >= 11 is 0. The van der Waals surface area contributed by atoms with Crippen LogP contribution in [0.1, 0.15) is 79.1 Å². The largest absolute Gasteiger partial charge is 1.00 e. The van der Waals surface area contributed by atoms with Gasteiger partial charge in [-0.05, 0) is 25.7 Å². The highest BCUT2D eigenvalue weighted by molar-refractivity contribution is 7.79. The van der Waals surface area contributed by atoms with E-state index >= 15 is 0 Å². The van der Waals surface area contributed by atoms with E-state index in [9.17, 15) is 0 Å². The molecule has 0 aromatic rings. The quantitative estimate of drug-likeness (QED) is 0.304. The van der Waals surface area contributed by atoms with Gasteiger partial charge in [0.2, 0.25) is 10.4 Å². The van der Waals surface area contributed by atoms with Gasteiger partial charge < -0.3 is 19.9 Å². The summed E-state index contributed by atoms with van der Waals surface area (Å²) in [6.07, 6.45) is 11.1. The molecule has 8 heteroatoms. The number of quaternary nitrogens is 2. The van der Waals surface area contributed by atoms with Crippen molar-refractivity contribution in [3.8, 4) is 0 Å². The average Bonchev–Trinajstić information content (AvgIpc) is 2.44. The normalized spacial score (nSPS) is 10.9. The molecule has 0 aliphatic rings. The third-order valence-electron chi connectivity index (χ3n) is 3.94. The lowest BCUT2D eigenvalue weighted by Gasteiger charge is -2.39. The molecule has 0 spiro atoms. The van der Waals surface area contributed by atoms with Crippen molar-refractivity contribution in [2.75, 3.05) is 26.2 Å². The fraction of sp³-hybridized carbons (Fsp3) is 1.00. The predicted molar refractivity (Wildman–Crippen MR) is 97.7 cm³/mol. The van der Waals surface area contributed by atoms with E-state index in [0.717, 1.165) is 0 Å². The molecule has 0 aromatic carbocycles. The van der Waals surface area contributed by atoms with Crippen LogP contribution >= 0.6 is 0 Å². The molecule has 152 valence electrons. The SMILES string of the molecule is CCCC[N+](CCCC)(CCCC)CCCC.O=S(=O)([O-])O.[F-].[NH4+]. The third kappa shape index (κ3) is 24.0. The second kappa shape index (κ2) is 19.1. The standard InChI is InChI=1S/C16H36N.FH.H3N.H2O4S/c1-5-9-13-17(14-10-6-2,15-11-7-3)16-12-8-4;;;1-5(2,3)4/h5-16H2,1-4H3;1H;1H3;(H2,1,2,3,4)/q+1;;;/p-1. The average molecular weight is 377 g/mol. The molecular weight excluding hydrogens is 335 g/mol. The molecule has 24 heavy (non-hydrogen) atoms. The fourth-order valence-corrected chi connectivity index (χ4v) is 2.64. The van der Waals surface area contributed by atoms with Gasteiger partial charge in [0.1, 0.15) is 0 Å². The Kier molecular flexibility index (Phi) is 25.0. The summed E-state index contributed by atoms with van der Waals surface area (Å²) < 4.78 is 34.3. The van der Waals surface area contributed by atoms with Crippen LogP contribution in [0.25, 0.3) is 0 Å². The van der Waals surface area contributed by atoms with Gasteiger partial charge in [0.15, 0.2) is 0 Å². The summed E-state index contributed by atoms with van der Waals surface area (Å²) in [6.45, 7) is 15.0. The van der Waals surface area contributed by atoms with Gasteiger partial charge in [-0.2, -0.15) is 0 Å². The smallest absolute Gasteiger partial charge is 0.215 e. The van der Waals surface area contributed by atoms with Crippen molar-refractivity contribution in [1.29, 1.82) is 0 Å². The monoisotopic (exact) mass is 376 g/mol. The molecule has 0 fully saturated rings. The summed E-state index contributed by atoms with van der Waals surface area (Å²) in [4.78, 5) is 0. The van der Waals surface area contributed by atoms with Crippen LogP contribution in [-0.4, -0.2) is 48.2 Å². The zero-order chi connectivity index (χ0) is 17.5. The fourth-order valence-electron chi connectivity index (χ4n) is 2.64. The summed E-state index contributed by atoms with van der Waals surface area (Å²) in [5.41, 5.74) is 0. The van der Waals surface area contributed by atoms with E-state index in [4.69, 9.17) is 17.5 Å². The Hall–Kier alpha value is -0.280. The molecule has 5 N–H and O–H groups in total. The van der Waals surface area contributed by atoms with Crippen LogP contribution in [0.15, 0.2) is 0 Å². The Bertz CT molecular complexity index is 295. The summed E-state index contributed by atoms with van der Waals surface area (Å²) in [5, 5.41) is 0. The molecule has 0 saturated carbocycles. The van der Waals surface area contributed by atoms with Gasteiger partial charge in [-0.25, -0.2) is 8.42 Å². The Morgan fingerprint density at radius 1 is 0.750 bits per heavy atom. The van der Waals surface area contributed by atoms with E-state index in [-0.39, 0.29) is 10.9 Å². The lowest BCUT2D eigenvalue weighted by Crippen LogP contribution is -3.00. The number of unbranched alkanes of at least 4 members (excludes halogenated alkanes) is 4. The van der Waals surface area contributed by atoms with E-state index in [1.54, 1.807) is 0 Å². The molecule has 6 nitrogen and oxygen atoms in total. The van der Waals surface area contributed by atoms with E-state index < -0.39 is 10.4 Å². The first-order chi connectivity index (χ1) is 10.2. The highest BCUT2D eigenvalue weighted by Crippen LogP contribution is 2.16. The molecule has 0 unspecified atom stereocenters. The molecule has 0 aliphatic carbocycles. The van der Waals surface area contributed by atoms with Gasteiger partial charge in [0.05, 0.1) is 26.2 Å². The van der Waals surface area contributed by atoms with Crippen LogP contribution in [0.2, 0.25) is 0 Å². The first-order valence-electron chi connectivity index (χ1n) is 8.78. The Balaban J connectivity index is -0.000000250. The highest BCUT2D eigenvalue weighted by atomic mass is 32.3. The molecule has 0 amide bonds. The van der Waals surface area contributed by atoms with Crippen LogP contribution < -0.4 is 10.9 Å². The van der Waals surface area contributed by atoms with Crippen LogP contribution in [-0.2, 0) is 10.4 Å². The molecule has 0 aromatic heterocycles. The van der Waals surface area contributed by atoms with Crippen molar-refractivity contribution < 1.29 is 26.7 Å². The third-order valence-corrected chi connectivity index (χ3v) is 3.94. The van der Waals surface area contributed by atoms with Crippen LogP contribution in [0.3, 0.4) is 0 Å². The summed E-state index contributed by atoms with van der Waals surface area (Å²) in [7, 11) is -4.92. The summed E-state index contributed by atoms with van der Waals surface area (Å²) in [5.74, 6) is 0. The van der Waals surface area contributed by atoms with Gasteiger partial charge in [0.25, 0.3) is 0 Å². The first kappa shape index (κ1) is 31.5. The highest BCUT2D eigenvalue weighted by Gasteiger charge is 2.24. The topological polar surface area (TPSA) is 114 Å². The number of hydrogen-bond acceptors (Lipinski definition) is 3. The lowest BCUT2D eigenvalue weighted by molar-refractivity contribution is -0.929. The number of halogens is 1. The minimum Gasteiger partial charge on any atom is -1.00 e. The van der Waals surface area contributed by atoms with E-state index in [0.29, 0.717) is 0 Å². The molecule has 0 atom stereocenters. The maximum atomic E-state index is 8.63. The molecule has 0 radical (unpaired) electrons. The lowest BCUT2D eigenvalue weighted by atomic mass is 10.1. The van der Waals surface area contributed by atoms with Gasteiger partial charge in [-0.1, -0.05) is 53.4 Å². The number of hydrogen-bond donors (Lipinski definition) is 2. The van der Waals surface area contributed by atoms with Crippen molar-refractivity contribution >= 4 is 10.4 Å². The first-order valence-corrected chi connectivity index (χ1v) is 10.1. The van der Waals surface area contributed by atoms with Crippen LogP contribution in [0.5, 0.6) is 0 Å². The molecule has 0 aliphatic heterocycles. The van der Waals surface area contributed by atoms with Gasteiger partial charge >= 0.3 is 0 Å². The Morgan fingerprint density at radius 3 is 1.04 bits per heavy atom. The minimum absolute atomic E-state index is 0. The van der Waals surface area contributed by atoms with E-state index in [1.165, 1.54) is 82.0 Å². The van der Waals surface area contributed by atoms with Crippen molar-refractivity contribution in [1.82, 2.24) is 6.15 Å². The van der Waals surface area contributed by atoms with E-state index in [1.807, 2.05) is 0 Å². The number of nitrogens with zero attached hydrogens (tertiary/aromatic N) is 1. The van der Waals surface area contributed by atoms with Crippen molar-refractivity contribution in [2.45, 2.75) is 79.1 Å². The van der Waals surface area contributed by atoms with Gasteiger partial charge in [-0.15, -0.1) is 0 Å². The maximum absolute atomic E-state index is 8.63. The zero-order valence-corrected chi connectivity index (χ0v) is 17.2. The molecule has 0 saturated heterocycles. The Morgan fingerprint density at radius 2 is 0.917 bits per heavy atom. The molecule has 0 bridgehead atoms. The Labute approximate surface area is 149 Å². The van der Waals surface area contributed by atoms with Crippen molar-refractivity contribution in [2.24, 2.45) is 0 Å². The van der Waals surface area contributed by atoms with Crippen LogP contribution in [0.4, 0.5) is 0 Å². The van der Waals surface area contributed by atoms with Gasteiger partial charge in [0, 0.05) is 0 Å². The molecule has 0 rings (SSSR count).